The number of hydrogen-bond donors (Lipinski definition) is 5. The highest BCUT2D eigenvalue weighted by Gasteiger charge is 2.50. The molecule has 0 unspecified atom stereocenters. The first-order valence-corrected chi connectivity index (χ1v) is 21.8. The van der Waals surface area contributed by atoms with Crippen LogP contribution in [0.1, 0.15) is 62.8 Å². The molecular weight excluding hydrogens is 834 g/mol. The number of pyridine rings is 1. The van der Waals surface area contributed by atoms with Crippen molar-refractivity contribution < 1.29 is 50.2 Å². The quantitative estimate of drug-likeness (QED) is 0.0883. The molecule has 0 bridgehead atoms. The average molecular weight is 883 g/mol. The van der Waals surface area contributed by atoms with E-state index in [0.717, 1.165) is 18.7 Å². The number of hydrogen-bond acceptors (Lipinski definition) is 11. The summed E-state index contributed by atoms with van der Waals surface area (Å²) >= 11 is 0. The molecule has 0 radical (unpaired) electrons. The molecule has 2 aromatic heterocycles. The second-order valence-corrected chi connectivity index (χ2v) is 18.7. The summed E-state index contributed by atoms with van der Waals surface area (Å²) in [6.45, 7) is 8.27. The Morgan fingerprint density at radius 1 is 1.02 bits per heavy atom. The predicted octanol–water partition coefficient (Wildman–Crippen LogP) is 5.93. The van der Waals surface area contributed by atoms with Crippen LogP contribution in [0.5, 0.6) is 5.75 Å². The van der Waals surface area contributed by atoms with Crippen molar-refractivity contribution in [3.8, 4) is 28.1 Å². The number of methoxy groups -OCH3 is 1. The number of nitrogens with zero attached hydrogens (tertiary/aromatic N) is 3. The van der Waals surface area contributed by atoms with Crippen molar-refractivity contribution in [2.24, 2.45) is 17.3 Å². The SMILES string of the molecule is COC(=O)N[C@H](C(=O)N1C[C@@H](S(C)(=O)=O)C[C@H]1c1nc(-c2ccc(-c3ccc(C(=O)Nc4ccc(NCCNC(=O)[C@H]5CC5(C)C)nc4)cc3OC(F)(F)F)cc2)c[nH]1)C(C)C. The first-order chi connectivity index (χ1) is 29.1. The number of ether oxygens (including phenoxy) is 2. The Morgan fingerprint density at radius 3 is 2.31 bits per heavy atom. The van der Waals surface area contributed by atoms with E-state index < -0.39 is 57.2 Å². The molecule has 4 amide bonds. The predicted molar refractivity (Wildman–Crippen MR) is 224 cm³/mol. The summed E-state index contributed by atoms with van der Waals surface area (Å²) in [6, 6.07) is 11.5. The van der Waals surface area contributed by atoms with Gasteiger partial charge in [-0.3, -0.25) is 14.4 Å². The van der Waals surface area contributed by atoms with Crippen molar-refractivity contribution >= 4 is 45.2 Å². The Labute approximate surface area is 356 Å². The maximum atomic E-state index is 13.8. The van der Waals surface area contributed by atoms with E-state index >= 15 is 0 Å². The zero-order valence-electron chi connectivity index (χ0n) is 34.9. The maximum Gasteiger partial charge on any atom is 0.573 e. The van der Waals surface area contributed by atoms with Crippen LogP contribution in [-0.2, 0) is 24.2 Å². The van der Waals surface area contributed by atoms with Gasteiger partial charge in [0.2, 0.25) is 11.8 Å². The van der Waals surface area contributed by atoms with Crippen LogP contribution in [0.25, 0.3) is 22.4 Å². The first-order valence-electron chi connectivity index (χ1n) is 19.8. The molecule has 6 rings (SSSR count). The zero-order chi connectivity index (χ0) is 45.1. The maximum absolute atomic E-state index is 13.8. The van der Waals surface area contributed by atoms with Crippen LogP contribution in [0.3, 0.4) is 0 Å². The van der Waals surface area contributed by atoms with Crippen LogP contribution in [-0.4, -0.2) is 103 Å². The Hall–Kier alpha value is -6.18. The number of anilines is 2. The third-order valence-electron chi connectivity index (χ3n) is 11.0. The molecule has 16 nitrogen and oxygen atoms in total. The molecule has 5 N–H and O–H groups in total. The van der Waals surface area contributed by atoms with Gasteiger partial charge in [0.05, 0.1) is 36.0 Å². The largest absolute Gasteiger partial charge is 0.573 e. The van der Waals surface area contributed by atoms with Gasteiger partial charge in [0.15, 0.2) is 9.84 Å². The Bertz CT molecular complexity index is 2410. The van der Waals surface area contributed by atoms with E-state index in [9.17, 15) is 40.8 Å². The molecule has 62 heavy (non-hydrogen) atoms. The number of rotatable bonds is 15. The van der Waals surface area contributed by atoms with Gasteiger partial charge in [-0.25, -0.2) is 23.2 Å². The molecule has 2 aromatic carbocycles. The normalized spacial score (nSPS) is 18.7. The summed E-state index contributed by atoms with van der Waals surface area (Å²) in [5, 5.41) is 10.2. The monoisotopic (exact) mass is 882 g/mol. The van der Waals surface area contributed by atoms with Crippen LogP contribution >= 0.6 is 0 Å². The number of sulfone groups is 1. The number of benzene rings is 2. The molecule has 2 fully saturated rings. The third-order valence-corrected chi connectivity index (χ3v) is 12.6. The van der Waals surface area contributed by atoms with Gasteiger partial charge in [-0.2, -0.15) is 0 Å². The number of imidazole rings is 1. The van der Waals surface area contributed by atoms with E-state index in [1.165, 1.54) is 30.3 Å². The smallest absolute Gasteiger partial charge is 0.453 e. The van der Waals surface area contributed by atoms with Crippen molar-refractivity contribution in [2.45, 2.75) is 64.2 Å². The first kappa shape index (κ1) is 45.3. The van der Waals surface area contributed by atoms with E-state index in [-0.39, 0.29) is 47.3 Å². The number of carbonyl (C=O) groups excluding carboxylic acids is 4. The second-order valence-electron chi connectivity index (χ2n) is 16.4. The minimum absolute atomic E-state index is 0.0188. The summed E-state index contributed by atoms with van der Waals surface area (Å²) in [5.41, 5.74) is 1.56. The molecule has 1 aliphatic carbocycles. The molecule has 332 valence electrons. The highest BCUT2D eigenvalue weighted by molar-refractivity contribution is 7.91. The van der Waals surface area contributed by atoms with Crippen LogP contribution in [0.4, 0.5) is 29.5 Å². The Kier molecular flexibility index (Phi) is 13.2. The van der Waals surface area contributed by atoms with Gasteiger partial charge < -0.3 is 40.6 Å². The molecule has 1 aliphatic heterocycles. The minimum atomic E-state index is -5.07. The van der Waals surface area contributed by atoms with Crippen molar-refractivity contribution in [1.82, 2.24) is 30.5 Å². The molecule has 2 aliphatic rings. The number of amides is 4. The summed E-state index contributed by atoms with van der Waals surface area (Å²) in [4.78, 5) is 64.6. The fraction of sp³-hybridized carbons (Fsp3) is 0.429. The van der Waals surface area contributed by atoms with Crippen LogP contribution in [0.15, 0.2) is 67.0 Å². The zero-order valence-corrected chi connectivity index (χ0v) is 35.7. The van der Waals surface area contributed by atoms with Crippen LogP contribution in [0, 0.1) is 17.3 Å². The molecule has 20 heteroatoms. The number of halogens is 3. The molecule has 4 aromatic rings. The van der Waals surface area contributed by atoms with E-state index in [4.69, 9.17) is 0 Å². The molecule has 4 atom stereocenters. The van der Waals surface area contributed by atoms with E-state index in [2.05, 4.69) is 45.7 Å². The number of aromatic amines is 1. The number of H-pyrrole nitrogens is 1. The summed E-state index contributed by atoms with van der Waals surface area (Å²) in [6.07, 6.45) is -0.922. The van der Waals surface area contributed by atoms with E-state index in [0.29, 0.717) is 47.2 Å². The van der Waals surface area contributed by atoms with Crippen molar-refractivity contribution in [3.63, 3.8) is 0 Å². The molecular formula is C42H49F3N8O8S. The fourth-order valence-electron chi connectivity index (χ4n) is 7.27. The lowest BCUT2D eigenvalue weighted by Crippen LogP contribution is -2.51. The lowest BCUT2D eigenvalue weighted by Gasteiger charge is -2.29. The Balaban J connectivity index is 1.14. The summed E-state index contributed by atoms with van der Waals surface area (Å²) in [7, 11) is -2.40. The van der Waals surface area contributed by atoms with Crippen molar-refractivity contribution in [2.75, 3.05) is 43.6 Å². The van der Waals surface area contributed by atoms with Crippen LogP contribution in [0.2, 0.25) is 0 Å². The average Bonchev–Trinajstić information content (AvgIpc) is 3.53. The fourth-order valence-corrected chi connectivity index (χ4v) is 8.23. The Morgan fingerprint density at radius 2 is 1.71 bits per heavy atom. The van der Waals surface area contributed by atoms with Crippen molar-refractivity contribution in [1.29, 1.82) is 0 Å². The van der Waals surface area contributed by atoms with Gasteiger partial charge in [-0.1, -0.05) is 52.0 Å². The van der Waals surface area contributed by atoms with Gasteiger partial charge in [-0.15, -0.1) is 13.2 Å². The van der Waals surface area contributed by atoms with Gasteiger partial charge in [0.1, 0.15) is 23.4 Å². The van der Waals surface area contributed by atoms with Crippen molar-refractivity contribution in [3.05, 3.63) is 78.4 Å². The van der Waals surface area contributed by atoms with E-state index in [1.807, 2.05) is 13.8 Å². The number of aromatic nitrogens is 3. The molecule has 0 spiro atoms. The van der Waals surface area contributed by atoms with Gasteiger partial charge in [0.25, 0.3) is 5.91 Å². The highest BCUT2D eigenvalue weighted by Crippen LogP contribution is 2.51. The lowest BCUT2D eigenvalue weighted by atomic mass is 10.00. The van der Waals surface area contributed by atoms with Crippen LogP contribution < -0.4 is 26.0 Å². The highest BCUT2D eigenvalue weighted by atomic mass is 32.2. The molecule has 1 saturated carbocycles. The summed E-state index contributed by atoms with van der Waals surface area (Å²) < 4.78 is 75.3. The van der Waals surface area contributed by atoms with E-state index in [1.54, 1.807) is 56.4 Å². The number of carbonyl (C=O) groups is 4. The number of alkyl carbamates (subject to hydrolysis) is 1. The number of alkyl halides is 3. The molecule has 3 heterocycles. The summed E-state index contributed by atoms with van der Waals surface area (Å²) in [5.74, 6) is -1.33. The third kappa shape index (κ3) is 11.0. The topological polar surface area (TPSA) is 214 Å². The van der Waals surface area contributed by atoms with Gasteiger partial charge in [0, 0.05) is 54.7 Å². The lowest BCUT2D eigenvalue weighted by molar-refractivity contribution is -0.274. The van der Waals surface area contributed by atoms with Gasteiger partial charge >= 0.3 is 12.5 Å². The second kappa shape index (κ2) is 18.0. The number of likely N-dealkylation sites (tertiary alicyclic amines) is 1. The standard InChI is InChI=1S/C42H49F3N8O8S/c1-23(2)35(52-40(57)60-5)39(56)53-22-28(62(6,58)59)18-32(53)36-49-21-31(51-36)25-9-7-24(8-10-25)29-13-11-26(17-33(29)61-42(43,44)45)37(54)50-27-12-14-34(48-20-27)46-15-16-47-38(55)30-19-41(30,3)4/h7-14,17,20-21,23,28,30,32,35H,15-16,18-19,22H2,1-6H3,(H,46,48)(H,47,55)(H,49,51)(H,50,54)(H,52,57)/t28-,30+,32-,35-/m0/s1. The molecule has 1 saturated heterocycles. The minimum Gasteiger partial charge on any atom is -0.453 e. The number of nitrogens with one attached hydrogen (secondary N) is 5. The van der Waals surface area contributed by atoms with Gasteiger partial charge in [-0.05, 0) is 60.1 Å².